The van der Waals surface area contributed by atoms with E-state index in [0.717, 1.165) is 55.4 Å². The van der Waals surface area contributed by atoms with E-state index in [1.807, 2.05) is 6.07 Å². The molecule has 0 aromatic carbocycles. The van der Waals surface area contributed by atoms with Crippen molar-refractivity contribution in [3.05, 3.63) is 23.8 Å². The summed E-state index contributed by atoms with van der Waals surface area (Å²) in [6, 6.07) is 0.381. The van der Waals surface area contributed by atoms with Crippen molar-refractivity contribution in [1.82, 2.24) is 9.88 Å². The molecule has 0 bridgehead atoms. The molecule has 2 heterocycles. The number of pyridine rings is 1. The zero-order chi connectivity index (χ0) is 28.5. The van der Waals surface area contributed by atoms with Crippen molar-refractivity contribution in [2.45, 2.75) is 143 Å². The summed E-state index contributed by atoms with van der Waals surface area (Å²) < 4.78 is 39.8. The molecule has 0 saturated carbocycles. The summed E-state index contributed by atoms with van der Waals surface area (Å²) in [6.45, 7) is 13.5. The molecule has 0 unspecified atom stereocenters. The Kier molecular flexibility index (Phi) is 13.0. The van der Waals surface area contributed by atoms with Crippen molar-refractivity contribution in [3.63, 3.8) is 0 Å². The molecule has 5 nitrogen and oxygen atoms in total. The molecule has 38 heavy (non-hydrogen) atoms. The van der Waals surface area contributed by atoms with Gasteiger partial charge in [0.25, 0.3) is 0 Å². The third kappa shape index (κ3) is 8.88. The molecule has 1 aliphatic heterocycles. The molecule has 0 aliphatic carbocycles. The Hall–Kier alpha value is -1.25. The number of nitrogens with zero attached hydrogens (tertiary/aromatic N) is 2. The zero-order valence-corrected chi connectivity index (χ0v) is 27.6. The number of alkyl halides is 1. The number of rotatable bonds is 14. The monoisotopic (exact) mass is 644 g/mol. The van der Waals surface area contributed by atoms with Gasteiger partial charge >= 0.3 is 234 Å². The van der Waals surface area contributed by atoms with Crippen LogP contribution in [0.1, 0.15) is 106 Å². The van der Waals surface area contributed by atoms with E-state index in [9.17, 15) is 14.0 Å². The number of hydrogen-bond donors (Lipinski definition) is 0. The van der Waals surface area contributed by atoms with E-state index >= 15 is 4.39 Å². The van der Waals surface area contributed by atoms with E-state index in [1.165, 1.54) is 11.1 Å². The fourth-order valence-corrected chi connectivity index (χ4v) is 21.9. The number of amides is 1. The maximum absolute atomic E-state index is 15.4. The number of likely N-dealkylation sites (tertiary alicyclic amines) is 1. The Morgan fingerprint density at radius 3 is 2.13 bits per heavy atom. The van der Waals surface area contributed by atoms with Gasteiger partial charge in [-0.05, 0) is 0 Å². The molecule has 0 spiro atoms. The Bertz CT molecular complexity index is 899. The van der Waals surface area contributed by atoms with Crippen LogP contribution in [0.5, 0.6) is 0 Å². The first-order valence-electron chi connectivity index (χ1n) is 14.7. The molecular formula is C30H50F2N2O3Sn. The molecule has 3 atom stereocenters. The molecule has 8 heteroatoms. The quantitative estimate of drug-likeness (QED) is 0.197. The average molecular weight is 643 g/mol. The standard InChI is InChI=1S/C18H23F2N2O3.3C4H9.Sn/c1-11-14(20)9-15(22(11)17(24)25-18(2,3)4)16(23)8-7-13-6-5-12(19)10-21-13;3*1-3-4-2;/h6,10-11,14-15H,7-9H2,1-4H3;3*1,3-4H2,2H3;/t11-,14+,15-;;;;/m0..../s1. The van der Waals surface area contributed by atoms with Crippen LogP contribution in [0.4, 0.5) is 13.6 Å². The second kappa shape index (κ2) is 14.9. The first-order chi connectivity index (χ1) is 17.9. The molecule has 1 aliphatic rings. The van der Waals surface area contributed by atoms with Gasteiger partial charge in [0, 0.05) is 0 Å². The number of carbonyl (C=O) groups is 2. The van der Waals surface area contributed by atoms with Crippen molar-refractivity contribution < 1.29 is 23.1 Å². The van der Waals surface area contributed by atoms with E-state index in [-0.39, 0.29) is 24.4 Å². The van der Waals surface area contributed by atoms with Crippen molar-refractivity contribution in [3.8, 4) is 0 Å². The number of Topliss-reactive ketones (excluding diaryl/α,β-unsaturated/α-hetero) is 1. The van der Waals surface area contributed by atoms with Crippen molar-refractivity contribution in [2.75, 3.05) is 0 Å². The topological polar surface area (TPSA) is 59.5 Å². The number of carbonyl (C=O) groups excluding carboxylic acids is 2. The van der Waals surface area contributed by atoms with Crippen LogP contribution >= 0.6 is 0 Å². The number of hydrogen-bond acceptors (Lipinski definition) is 4. The van der Waals surface area contributed by atoms with Gasteiger partial charge in [-0.3, -0.25) is 0 Å². The molecule has 216 valence electrons. The number of ketones is 1. The minimum atomic E-state index is -3.02. The normalized spacial score (nSPS) is 20.1. The Balaban J connectivity index is 2.26. The van der Waals surface area contributed by atoms with Crippen molar-refractivity contribution >= 4 is 33.8 Å². The average Bonchev–Trinajstić information content (AvgIpc) is 3.16. The van der Waals surface area contributed by atoms with E-state index in [2.05, 4.69) is 25.8 Å². The number of halogens is 2. The second-order valence-electron chi connectivity index (χ2n) is 12.1. The molecular weight excluding hydrogens is 593 g/mol. The predicted molar refractivity (Wildman–Crippen MR) is 153 cm³/mol. The van der Waals surface area contributed by atoms with Gasteiger partial charge in [0.15, 0.2) is 0 Å². The number of aromatic nitrogens is 1. The zero-order valence-electron chi connectivity index (χ0n) is 24.7. The number of ether oxygens (including phenoxy) is 1. The Morgan fingerprint density at radius 1 is 1.08 bits per heavy atom. The summed E-state index contributed by atoms with van der Waals surface area (Å²) in [5.74, 6) is -0.381. The first kappa shape index (κ1) is 33.0. The van der Waals surface area contributed by atoms with Crippen molar-refractivity contribution in [1.29, 1.82) is 0 Å². The van der Waals surface area contributed by atoms with Crippen LogP contribution in [0, 0.1) is 5.82 Å². The first-order valence-corrected chi connectivity index (χ1v) is 22.2. The van der Waals surface area contributed by atoms with Gasteiger partial charge < -0.3 is 0 Å². The molecule has 2 rings (SSSR count). The summed E-state index contributed by atoms with van der Waals surface area (Å²) in [4.78, 5) is 31.7. The van der Waals surface area contributed by atoms with E-state index in [1.54, 1.807) is 27.7 Å². The van der Waals surface area contributed by atoms with E-state index in [4.69, 9.17) is 4.74 Å². The third-order valence-electron chi connectivity index (χ3n) is 7.86. The van der Waals surface area contributed by atoms with Crippen LogP contribution in [-0.4, -0.2) is 64.0 Å². The van der Waals surface area contributed by atoms with Crippen molar-refractivity contribution in [2.24, 2.45) is 0 Å². The predicted octanol–water partition coefficient (Wildman–Crippen LogP) is 7.51. The van der Waals surface area contributed by atoms with Crippen LogP contribution in [0.25, 0.3) is 0 Å². The van der Waals surface area contributed by atoms with Crippen LogP contribution in [0.2, 0.25) is 13.3 Å². The molecule has 0 radical (unpaired) electrons. The summed E-state index contributed by atoms with van der Waals surface area (Å²) >= 11 is -3.02. The van der Waals surface area contributed by atoms with Crippen LogP contribution < -0.4 is 3.58 Å². The van der Waals surface area contributed by atoms with Gasteiger partial charge in [0.05, 0.1) is 0 Å². The molecule has 1 aromatic rings. The molecule has 1 aromatic heterocycles. The summed E-state index contributed by atoms with van der Waals surface area (Å²) in [5, 5.41) is 0. The summed E-state index contributed by atoms with van der Waals surface area (Å²) in [7, 11) is 0. The van der Waals surface area contributed by atoms with Gasteiger partial charge in [0.2, 0.25) is 0 Å². The van der Waals surface area contributed by atoms with E-state index < -0.39 is 48.3 Å². The molecule has 0 N–H and O–H groups in total. The van der Waals surface area contributed by atoms with Crippen LogP contribution in [0.3, 0.4) is 0 Å². The minimum absolute atomic E-state index is 0.0219. The van der Waals surface area contributed by atoms with Gasteiger partial charge in [-0.2, -0.15) is 0 Å². The SMILES string of the molecule is CCC[CH2][Sn]([CH2]CCC)([CH2]CCC)[c]1cc(CCC(=O)[C@@H]2C[C@@H](F)[C@H](C)N2C(=O)OC(C)(C)C)ncc1F. The summed E-state index contributed by atoms with van der Waals surface area (Å²) in [6.07, 6.45) is 6.58. The van der Waals surface area contributed by atoms with Gasteiger partial charge in [-0.1, -0.05) is 0 Å². The Labute approximate surface area is 233 Å². The van der Waals surface area contributed by atoms with Crippen LogP contribution in [0.15, 0.2) is 12.3 Å². The maximum atomic E-state index is 15.4. The van der Waals surface area contributed by atoms with E-state index in [0.29, 0.717) is 12.1 Å². The second-order valence-corrected chi connectivity index (χ2v) is 25.2. The van der Waals surface area contributed by atoms with Crippen LogP contribution in [-0.2, 0) is 16.0 Å². The Morgan fingerprint density at radius 2 is 1.63 bits per heavy atom. The molecule has 1 amide bonds. The molecule has 1 saturated heterocycles. The van der Waals surface area contributed by atoms with Gasteiger partial charge in [-0.25, -0.2) is 0 Å². The number of aryl methyl sites for hydroxylation is 1. The summed E-state index contributed by atoms with van der Waals surface area (Å²) in [5.41, 5.74) is -0.0224. The van der Waals surface area contributed by atoms with Gasteiger partial charge in [-0.15, -0.1) is 0 Å². The number of unbranched alkanes of at least 4 members (excludes halogenated alkanes) is 3. The van der Waals surface area contributed by atoms with Gasteiger partial charge in [0.1, 0.15) is 0 Å². The fourth-order valence-electron chi connectivity index (χ4n) is 5.64. The third-order valence-corrected chi connectivity index (χ3v) is 23.4. The fraction of sp³-hybridized carbons (Fsp3) is 0.767. The molecule has 1 fully saturated rings.